The number of benzene rings is 1. The molecule has 3 heteroatoms. The molecule has 1 heterocycles. The van der Waals surface area contributed by atoms with Crippen LogP contribution in [0.5, 0.6) is 0 Å². The van der Waals surface area contributed by atoms with Crippen LogP contribution in [-0.4, -0.2) is 9.55 Å². The largest absolute Gasteiger partial charge is 0.347 e. The van der Waals surface area contributed by atoms with E-state index in [-0.39, 0.29) is 5.69 Å². The lowest BCUT2D eigenvalue weighted by atomic mass is 10.0. The molecule has 0 radical (unpaired) electrons. The van der Waals surface area contributed by atoms with E-state index in [1.165, 1.54) is 11.1 Å². The Labute approximate surface area is 107 Å². The van der Waals surface area contributed by atoms with E-state index in [4.69, 9.17) is 0 Å². The highest BCUT2D eigenvalue weighted by atomic mass is 16.1. The molecule has 1 aromatic heterocycles. The second-order valence-electron chi connectivity index (χ2n) is 4.45. The molecule has 0 bridgehead atoms. The van der Waals surface area contributed by atoms with E-state index < -0.39 is 0 Å². The van der Waals surface area contributed by atoms with Crippen molar-refractivity contribution in [3.8, 4) is 0 Å². The first-order valence-electron chi connectivity index (χ1n) is 6.30. The fraction of sp³-hybridized carbons (Fsp3) is 0.333. The van der Waals surface area contributed by atoms with Gasteiger partial charge < -0.3 is 4.57 Å². The van der Waals surface area contributed by atoms with Gasteiger partial charge in [0.1, 0.15) is 0 Å². The Balaban J connectivity index is 2.19. The summed E-state index contributed by atoms with van der Waals surface area (Å²) < 4.78 is 1.56. The van der Waals surface area contributed by atoms with E-state index >= 15 is 0 Å². The molecule has 94 valence electrons. The van der Waals surface area contributed by atoms with Gasteiger partial charge in [0.25, 0.3) is 0 Å². The lowest BCUT2D eigenvalue weighted by Crippen LogP contribution is -2.22. The highest BCUT2D eigenvalue weighted by molar-refractivity contribution is 5.21. The smallest absolute Gasteiger partial charge is 0.302 e. The highest BCUT2D eigenvalue weighted by Crippen LogP contribution is 2.09. The standard InChI is InChI=1S/C15H18N2O/c1-3-14-13(11-17(2)15(18)16-14)10-9-12-7-5-4-6-8-12/h4-8,11H,3,9-10H2,1-2H3. The van der Waals surface area contributed by atoms with Gasteiger partial charge in [0.2, 0.25) is 0 Å². The average molecular weight is 242 g/mol. The summed E-state index contributed by atoms with van der Waals surface area (Å²) in [7, 11) is 1.75. The van der Waals surface area contributed by atoms with Crippen LogP contribution in [0.15, 0.2) is 41.3 Å². The first-order valence-corrected chi connectivity index (χ1v) is 6.30. The first-order chi connectivity index (χ1) is 8.70. The molecule has 0 amide bonds. The second kappa shape index (κ2) is 5.63. The Bertz CT molecular complexity index is 573. The molecule has 0 fully saturated rings. The monoisotopic (exact) mass is 242 g/mol. The number of nitrogens with zero attached hydrogens (tertiary/aromatic N) is 2. The van der Waals surface area contributed by atoms with Crippen molar-refractivity contribution in [1.82, 2.24) is 9.55 Å². The Morgan fingerprint density at radius 2 is 1.89 bits per heavy atom. The third-order valence-electron chi connectivity index (χ3n) is 3.11. The summed E-state index contributed by atoms with van der Waals surface area (Å²) in [5, 5.41) is 0. The molecule has 0 aliphatic heterocycles. The first kappa shape index (κ1) is 12.6. The molecule has 2 rings (SSSR count). The van der Waals surface area contributed by atoms with Gasteiger partial charge in [-0.15, -0.1) is 0 Å². The number of hydrogen-bond donors (Lipinski definition) is 0. The number of rotatable bonds is 4. The Hall–Kier alpha value is -1.90. The summed E-state index contributed by atoms with van der Waals surface area (Å²) in [5.74, 6) is 0. The SMILES string of the molecule is CCc1nc(=O)n(C)cc1CCc1ccccc1. The summed E-state index contributed by atoms with van der Waals surface area (Å²) in [6.07, 6.45) is 4.62. The Kier molecular flexibility index (Phi) is 3.92. The van der Waals surface area contributed by atoms with Crippen molar-refractivity contribution in [2.75, 3.05) is 0 Å². The summed E-state index contributed by atoms with van der Waals surface area (Å²) >= 11 is 0. The molecule has 1 aromatic carbocycles. The Morgan fingerprint density at radius 1 is 1.17 bits per heavy atom. The van der Waals surface area contributed by atoms with Crippen molar-refractivity contribution in [2.24, 2.45) is 7.05 Å². The highest BCUT2D eigenvalue weighted by Gasteiger charge is 2.05. The van der Waals surface area contributed by atoms with Gasteiger partial charge >= 0.3 is 5.69 Å². The minimum atomic E-state index is -0.171. The van der Waals surface area contributed by atoms with Crippen LogP contribution in [0.2, 0.25) is 0 Å². The maximum absolute atomic E-state index is 11.5. The van der Waals surface area contributed by atoms with Crippen LogP contribution in [-0.2, 0) is 26.3 Å². The summed E-state index contributed by atoms with van der Waals surface area (Å²) in [6, 6.07) is 10.4. The van der Waals surface area contributed by atoms with Gasteiger partial charge in [-0.05, 0) is 30.4 Å². The second-order valence-corrected chi connectivity index (χ2v) is 4.45. The van der Waals surface area contributed by atoms with E-state index in [0.717, 1.165) is 25.0 Å². The predicted octanol–water partition coefficient (Wildman–Crippen LogP) is 2.13. The zero-order valence-electron chi connectivity index (χ0n) is 10.9. The Morgan fingerprint density at radius 3 is 2.56 bits per heavy atom. The third kappa shape index (κ3) is 2.86. The number of hydrogen-bond acceptors (Lipinski definition) is 2. The van der Waals surface area contributed by atoms with Crippen LogP contribution in [0.25, 0.3) is 0 Å². The molecule has 2 aromatic rings. The molecular weight excluding hydrogens is 224 g/mol. The molecule has 18 heavy (non-hydrogen) atoms. The van der Waals surface area contributed by atoms with Crippen LogP contribution in [0.1, 0.15) is 23.7 Å². The molecule has 0 aliphatic rings. The van der Waals surface area contributed by atoms with Crippen molar-refractivity contribution in [3.63, 3.8) is 0 Å². The normalized spacial score (nSPS) is 10.6. The van der Waals surface area contributed by atoms with Gasteiger partial charge in [-0.3, -0.25) is 0 Å². The fourth-order valence-corrected chi connectivity index (χ4v) is 2.07. The molecule has 0 N–H and O–H groups in total. The predicted molar refractivity (Wildman–Crippen MR) is 72.7 cm³/mol. The fourth-order valence-electron chi connectivity index (χ4n) is 2.07. The molecule has 0 atom stereocenters. The minimum absolute atomic E-state index is 0.171. The quantitative estimate of drug-likeness (QED) is 0.823. The minimum Gasteiger partial charge on any atom is -0.302 e. The van der Waals surface area contributed by atoms with E-state index in [0.29, 0.717) is 0 Å². The summed E-state index contributed by atoms with van der Waals surface area (Å²) in [6.45, 7) is 2.04. The van der Waals surface area contributed by atoms with Gasteiger partial charge in [0.05, 0.1) is 5.69 Å². The topological polar surface area (TPSA) is 34.9 Å². The van der Waals surface area contributed by atoms with E-state index in [1.54, 1.807) is 11.6 Å². The zero-order chi connectivity index (χ0) is 13.0. The summed E-state index contributed by atoms with van der Waals surface area (Å²) in [4.78, 5) is 15.6. The lowest BCUT2D eigenvalue weighted by Gasteiger charge is -2.08. The van der Waals surface area contributed by atoms with E-state index in [1.807, 2.05) is 19.2 Å². The number of aryl methyl sites for hydroxylation is 4. The van der Waals surface area contributed by atoms with Crippen molar-refractivity contribution in [1.29, 1.82) is 0 Å². The third-order valence-corrected chi connectivity index (χ3v) is 3.11. The van der Waals surface area contributed by atoms with Crippen molar-refractivity contribution in [2.45, 2.75) is 26.2 Å². The molecule has 3 nitrogen and oxygen atoms in total. The average Bonchev–Trinajstić information content (AvgIpc) is 2.41. The number of aromatic nitrogens is 2. The van der Waals surface area contributed by atoms with Gasteiger partial charge in [-0.1, -0.05) is 37.3 Å². The molecule has 0 spiro atoms. The van der Waals surface area contributed by atoms with Crippen LogP contribution in [0, 0.1) is 0 Å². The van der Waals surface area contributed by atoms with Gasteiger partial charge in [-0.25, -0.2) is 4.79 Å². The van der Waals surface area contributed by atoms with Crippen LogP contribution in [0.4, 0.5) is 0 Å². The molecule has 0 unspecified atom stereocenters. The summed E-state index contributed by atoms with van der Waals surface area (Å²) in [5.41, 5.74) is 3.24. The van der Waals surface area contributed by atoms with Crippen LogP contribution < -0.4 is 5.69 Å². The van der Waals surface area contributed by atoms with Crippen molar-refractivity contribution < 1.29 is 0 Å². The van der Waals surface area contributed by atoms with Crippen LogP contribution >= 0.6 is 0 Å². The molecule has 0 saturated heterocycles. The van der Waals surface area contributed by atoms with E-state index in [2.05, 4.69) is 29.2 Å². The maximum atomic E-state index is 11.5. The van der Waals surface area contributed by atoms with Crippen molar-refractivity contribution >= 4 is 0 Å². The van der Waals surface area contributed by atoms with Gasteiger partial charge in [0, 0.05) is 13.2 Å². The van der Waals surface area contributed by atoms with E-state index in [9.17, 15) is 4.79 Å². The molecule has 0 aliphatic carbocycles. The zero-order valence-corrected chi connectivity index (χ0v) is 10.9. The maximum Gasteiger partial charge on any atom is 0.347 e. The molecule has 0 saturated carbocycles. The lowest BCUT2D eigenvalue weighted by molar-refractivity contribution is 0.754. The van der Waals surface area contributed by atoms with Crippen LogP contribution in [0.3, 0.4) is 0 Å². The van der Waals surface area contributed by atoms with Crippen molar-refractivity contribution in [3.05, 3.63) is 63.8 Å². The van der Waals surface area contributed by atoms with Gasteiger partial charge in [0.15, 0.2) is 0 Å². The van der Waals surface area contributed by atoms with Gasteiger partial charge in [-0.2, -0.15) is 4.98 Å². The molecular formula is C15H18N2O.